The van der Waals surface area contributed by atoms with Crippen LogP contribution in [0.25, 0.3) is 0 Å². The van der Waals surface area contributed by atoms with Crippen molar-refractivity contribution in [2.75, 3.05) is 13.2 Å². The van der Waals surface area contributed by atoms with E-state index in [1.165, 1.54) is 0 Å². The van der Waals surface area contributed by atoms with Gasteiger partial charge in [0, 0.05) is 19.3 Å². The summed E-state index contributed by atoms with van der Waals surface area (Å²) in [6.07, 6.45) is 61.1. The van der Waals surface area contributed by atoms with Crippen LogP contribution in [0.3, 0.4) is 0 Å². The molecule has 430 valence electrons. The molecular weight excluding hydrogens is 973 g/mol. The Morgan fingerprint density at radius 2 is 0.779 bits per heavy atom. The first-order chi connectivity index (χ1) is 37.6. The number of esters is 3. The molecular formula is C65H98O12. The molecule has 0 aromatic rings. The van der Waals surface area contributed by atoms with E-state index in [1.54, 1.807) is 0 Å². The molecule has 0 aliphatic carbocycles. The number of aliphatic carboxylic acids is 1. The molecule has 0 aromatic heterocycles. The number of hydrogen-bond acceptors (Lipinski definition) is 11. The predicted octanol–water partition coefficient (Wildman–Crippen LogP) is 14.8. The molecule has 1 saturated heterocycles. The Hall–Kier alpha value is -5.40. The van der Waals surface area contributed by atoms with E-state index in [-0.39, 0.29) is 25.9 Å². The molecule has 6 atom stereocenters. The van der Waals surface area contributed by atoms with Crippen LogP contribution in [0.5, 0.6) is 0 Å². The van der Waals surface area contributed by atoms with E-state index in [9.17, 15) is 34.5 Å². The van der Waals surface area contributed by atoms with E-state index in [2.05, 4.69) is 167 Å². The van der Waals surface area contributed by atoms with E-state index < -0.39 is 67.3 Å². The molecule has 0 bridgehead atoms. The van der Waals surface area contributed by atoms with Gasteiger partial charge in [0.1, 0.15) is 18.8 Å². The highest BCUT2D eigenvalue weighted by Crippen LogP contribution is 2.26. The molecule has 12 heteroatoms. The maximum atomic E-state index is 13.1. The van der Waals surface area contributed by atoms with Gasteiger partial charge in [-0.15, -0.1) is 0 Å². The molecule has 12 nitrogen and oxygen atoms in total. The highest BCUT2D eigenvalue weighted by molar-refractivity contribution is 5.74. The quantitative estimate of drug-likeness (QED) is 0.0228. The molecule has 0 radical (unpaired) electrons. The normalized spacial score (nSPS) is 19.1. The minimum absolute atomic E-state index is 0.00449. The molecule has 0 spiro atoms. The van der Waals surface area contributed by atoms with Crippen molar-refractivity contribution in [1.29, 1.82) is 0 Å². The van der Waals surface area contributed by atoms with Crippen molar-refractivity contribution in [2.24, 2.45) is 0 Å². The van der Waals surface area contributed by atoms with Crippen molar-refractivity contribution in [1.82, 2.24) is 0 Å². The first-order valence-electron chi connectivity index (χ1n) is 28.8. The number of ether oxygens (including phenoxy) is 5. The second-order valence-electron chi connectivity index (χ2n) is 18.8. The largest absolute Gasteiger partial charge is 0.479 e. The predicted molar refractivity (Wildman–Crippen MR) is 312 cm³/mol. The topological polar surface area (TPSA) is 175 Å². The summed E-state index contributed by atoms with van der Waals surface area (Å²) in [6, 6.07) is 0. The van der Waals surface area contributed by atoms with Gasteiger partial charge in [-0.3, -0.25) is 14.4 Å². The summed E-state index contributed by atoms with van der Waals surface area (Å²) < 4.78 is 28.3. The lowest BCUT2D eigenvalue weighted by Gasteiger charge is -2.40. The van der Waals surface area contributed by atoms with Gasteiger partial charge < -0.3 is 39.0 Å². The highest BCUT2D eigenvalue weighted by atomic mass is 16.7. The Labute approximate surface area is 463 Å². The van der Waals surface area contributed by atoms with Crippen molar-refractivity contribution < 1.29 is 58.2 Å². The Bertz CT molecular complexity index is 1890. The zero-order valence-electron chi connectivity index (χ0n) is 47.1. The molecule has 6 unspecified atom stereocenters. The third-order valence-electron chi connectivity index (χ3n) is 11.9. The van der Waals surface area contributed by atoms with Crippen molar-refractivity contribution in [3.63, 3.8) is 0 Å². The molecule has 1 aliphatic heterocycles. The second-order valence-corrected chi connectivity index (χ2v) is 18.8. The van der Waals surface area contributed by atoms with Gasteiger partial charge >= 0.3 is 23.9 Å². The standard InChI is InChI=1S/C65H98O12/c1-4-7-10-13-16-19-22-25-27-28-29-30-32-35-38-41-44-47-50-53-59(68)76-63-61(70)60(69)62(64(71)72)77-65(63)74-55-56(75-58(67)52-49-46-43-40-37-33-24-21-18-15-12-9-6-3)54-73-57(66)51-48-45-42-39-36-34-31-26-23-20-17-14-11-8-5-2/h7-12,16-21,25-27,29-31,33,35-39,56,60-63,65,69-70H,4-6,13-15,22-24,28,32,34,40-55H2,1-3H3,(H,71,72)/b10-7-,11-8-,12-9-,19-16-,20-17-,21-18-,27-25-,30-29-,31-26-,37-33-,38-35-,39-36-. The van der Waals surface area contributed by atoms with Crippen LogP contribution in [-0.4, -0.2) is 89.2 Å². The second kappa shape index (κ2) is 51.4. The lowest BCUT2D eigenvalue weighted by Crippen LogP contribution is -2.61. The molecule has 0 aromatic carbocycles. The van der Waals surface area contributed by atoms with Crippen LogP contribution in [0.1, 0.15) is 188 Å². The van der Waals surface area contributed by atoms with Crippen LogP contribution >= 0.6 is 0 Å². The third-order valence-corrected chi connectivity index (χ3v) is 11.9. The minimum Gasteiger partial charge on any atom is -0.479 e. The Morgan fingerprint density at radius 3 is 1.18 bits per heavy atom. The van der Waals surface area contributed by atoms with Crippen molar-refractivity contribution >= 4 is 23.9 Å². The third kappa shape index (κ3) is 41.4. The lowest BCUT2D eigenvalue weighted by atomic mass is 9.98. The van der Waals surface area contributed by atoms with Crippen LogP contribution in [0.2, 0.25) is 0 Å². The van der Waals surface area contributed by atoms with Crippen LogP contribution < -0.4 is 0 Å². The fraction of sp³-hybridized carbons (Fsp3) is 0.569. The smallest absolute Gasteiger partial charge is 0.335 e. The molecule has 0 amide bonds. The maximum absolute atomic E-state index is 13.1. The van der Waals surface area contributed by atoms with Gasteiger partial charge in [-0.05, 0) is 135 Å². The van der Waals surface area contributed by atoms with Crippen molar-refractivity contribution in [3.05, 3.63) is 146 Å². The summed E-state index contributed by atoms with van der Waals surface area (Å²) in [6.45, 7) is 5.54. The molecule has 77 heavy (non-hydrogen) atoms. The van der Waals surface area contributed by atoms with Crippen molar-refractivity contribution in [3.8, 4) is 0 Å². The summed E-state index contributed by atoms with van der Waals surface area (Å²) in [4.78, 5) is 51.1. The first kappa shape index (κ1) is 69.6. The first-order valence-corrected chi connectivity index (χ1v) is 28.8. The number of rotatable bonds is 46. The van der Waals surface area contributed by atoms with Crippen molar-refractivity contribution in [2.45, 2.75) is 225 Å². The van der Waals surface area contributed by atoms with Crippen LogP contribution in [0, 0.1) is 0 Å². The van der Waals surface area contributed by atoms with Gasteiger partial charge in [0.2, 0.25) is 0 Å². The van der Waals surface area contributed by atoms with Gasteiger partial charge in [0.15, 0.2) is 24.6 Å². The molecule has 1 fully saturated rings. The SMILES string of the molecule is CC/C=C\C/C=C\C/C=C\C/C=C\C/C=C\CCCCCC(=O)OC1C(OCC(COC(=O)CCCC/C=C\C/C=C\C/C=C\C/C=C\CC)OC(=O)CCCCC/C=C\C/C=C\C/C=C\CC)OC(C(=O)O)C(O)C1O. The monoisotopic (exact) mass is 1070 g/mol. The van der Waals surface area contributed by atoms with E-state index >= 15 is 0 Å². The number of carbonyl (C=O) groups excluding carboxylic acids is 3. The number of unbranched alkanes of at least 4 members (excludes halogenated alkanes) is 8. The van der Waals surface area contributed by atoms with Crippen LogP contribution in [0.15, 0.2) is 146 Å². The number of hydrogen-bond donors (Lipinski definition) is 3. The van der Waals surface area contributed by atoms with E-state index in [0.717, 1.165) is 128 Å². The molecule has 3 N–H and O–H groups in total. The van der Waals surface area contributed by atoms with E-state index in [0.29, 0.717) is 19.3 Å². The Morgan fingerprint density at radius 1 is 0.429 bits per heavy atom. The number of aliphatic hydroxyl groups is 2. The zero-order valence-corrected chi connectivity index (χ0v) is 47.1. The molecule has 1 rings (SSSR count). The lowest BCUT2D eigenvalue weighted by molar-refractivity contribution is -0.301. The van der Waals surface area contributed by atoms with Gasteiger partial charge in [0.05, 0.1) is 6.61 Å². The summed E-state index contributed by atoms with van der Waals surface area (Å²) in [7, 11) is 0. The van der Waals surface area contributed by atoms with Crippen LogP contribution in [-0.2, 0) is 42.9 Å². The number of carboxylic acids is 1. The molecule has 0 saturated carbocycles. The summed E-state index contributed by atoms with van der Waals surface area (Å²) in [5.41, 5.74) is 0. The number of carbonyl (C=O) groups is 4. The van der Waals surface area contributed by atoms with Gasteiger partial charge in [-0.25, -0.2) is 4.79 Å². The summed E-state index contributed by atoms with van der Waals surface area (Å²) in [5, 5.41) is 31.5. The Kier molecular flexibility index (Phi) is 46.4. The van der Waals surface area contributed by atoms with E-state index in [1.807, 2.05) is 0 Å². The molecule has 1 aliphatic rings. The minimum atomic E-state index is -1.93. The fourth-order valence-corrected chi connectivity index (χ4v) is 7.57. The Balaban J connectivity index is 2.76. The van der Waals surface area contributed by atoms with Gasteiger partial charge in [-0.2, -0.15) is 0 Å². The summed E-state index contributed by atoms with van der Waals surface area (Å²) >= 11 is 0. The highest BCUT2D eigenvalue weighted by Gasteiger charge is 2.50. The fourth-order valence-electron chi connectivity index (χ4n) is 7.57. The van der Waals surface area contributed by atoms with Gasteiger partial charge in [-0.1, -0.05) is 179 Å². The number of allylic oxidation sites excluding steroid dienone is 24. The molecule has 1 heterocycles. The number of aliphatic hydroxyl groups excluding tert-OH is 2. The zero-order chi connectivity index (χ0) is 56.1. The van der Waals surface area contributed by atoms with E-state index in [4.69, 9.17) is 23.7 Å². The average molecular weight is 1070 g/mol. The van der Waals surface area contributed by atoms with Crippen LogP contribution in [0.4, 0.5) is 0 Å². The summed E-state index contributed by atoms with van der Waals surface area (Å²) in [5.74, 6) is -3.29. The average Bonchev–Trinajstić information content (AvgIpc) is 3.42. The maximum Gasteiger partial charge on any atom is 0.335 e. The number of carboxylic acid groups (broad SMARTS) is 1. The van der Waals surface area contributed by atoms with Gasteiger partial charge in [0.25, 0.3) is 0 Å².